The van der Waals surface area contributed by atoms with Gasteiger partial charge in [-0.15, -0.1) is 0 Å². The van der Waals surface area contributed by atoms with E-state index >= 15 is 0 Å². The third kappa shape index (κ3) is 2.79. The number of pyridine rings is 1. The SMILES string of the molecule is CCO[C@@H]1[C@H](O)N(c2cc(C(F)(F)F)ccn2)C(=O)N1C. The number of hydrogen-bond donors (Lipinski definition) is 1. The van der Waals surface area contributed by atoms with Crippen LogP contribution in [0, 0.1) is 0 Å². The van der Waals surface area contributed by atoms with E-state index in [-0.39, 0.29) is 12.4 Å². The topological polar surface area (TPSA) is 65.9 Å². The van der Waals surface area contributed by atoms with Crippen molar-refractivity contribution in [3.8, 4) is 0 Å². The molecule has 0 aromatic carbocycles. The molecule has 1 saturated heterocycles. The number of carbonyl (C=O) groups excluding carboxylic acids is 1. The summed E-state index contributed by atoms with van der Waals surface area (Å²) in [4.78, 5) is 17.7. The van der Waals surface area contributed by atoms with Gasteiger partial charge < -0.3 is 9.84 Å². The molecule has 6 nitrogen and oxygen atoms in total. The maximum atomic E-state index is 12.7. The number of urea groups is 1. The molecule has 2 amide bonds. The number of aromatic nitrogens is 1. The highest BCUT2D eigenvalue weighted by Crippen LogP contribution is 2.33. The second-order valence-electron chi connectivity index (χ2n) is 4.42. The van der Waals surface area contributed by atoms with Gasteiger partial charge in [0.25, 0.3) is 0 Å². The zero-order chi connectivity index (χ0) is 15.8. The minimum atomic E-state index is -4.56. The van der Waals surface area contributed by atoms with Crippen LogP contribution in [0.3, 0.4) is 0 Å². The number of alkyl halides is 3. The lowest BCUT2D eigenvalue weighted by Crippen LogP contribution is -2.38. The Morgan fingerprint density at radius 3 is 2.71 bits per heavy atom. The van der Waals surface area contributed by atoms with Gasteiger partial charge in [-0.05, 0) is 19.1 Å². The third-order valence-corrected chi connectivity index (χ3v) is 3.07. The van der Waals surface area contributed by atoms with E-state index in [1.807, 2.05) is 0 Å². The molecule has 9 heteroatoms. The summed E-state index contributed by atoms with van der Waals surface area (Å²) in [5, 5.41) is 10.1. The summed E-state index contributed by atoms with van der Waals surface area (Å²) in [5.41, 5.74) is -0.949. The molecule has 1 aromatic rings. The van der Waals surface area contributed by atoms with E-state index in [1.54, 1.807) is 6.92 Å². The van der Waals surface area contributed by atoms with Crippen LogP contribution in [0.4, 0.5) is 23.8 Å². The Morgan fingerprint density at radius 2 is 2.14 bits per heavy atom. The number of aliphatic hydroxyl groups is 1. The molecular weight excluding hydrogens is 291 g/mol. The molecule has 116 valence electrons. The minimum absolute atomic E-state index is 0.239. The molecule has 1 aliphatic heterocycles. The lowest BCUT2D eigenvalue weighted by atomic mass is 10.2. The lowest BCUT2D eigenvalue weighted by molar-refractivity contribution is -0.137. The monoisotopic (exact) mass is 305 g/mol. The molecule has 0 unspecified atom stereocenters. The molecule has 0 saturated carbocycles. The van der Waals surface area contributed by atoms with Crippen LogP contribution in [0.15, 0.2) is 18.3 Å². The normalized spacial score (nSPS) is 23.0. The summed E-state index contributed by atoms with van der Waals surface area (Å²) in [6.45, 7) is 1.92. The summed E-state index contributed by atoms with van der Waals surface area (Å²) in [7, 11) is 1.39. The fraction of sp³-hybridized carbons (Fsp3) is 0.500. The van der Waals surface area contributed by atoms with E-state index in [9.17, 15) is 23.1 Å². The molecule has 2 atom stereocenters. The molecule has 1 aromatic heterocycles. The molecule has 2 heterocycles. The number of aliphatic hydroxyl groups excluding tert-OH is 1. The van der Waals surface area contributed by atoms with Crippen molar-refractivity contribution >= 4 is 11.8 Å². The molecule has 21 heavy (non-hydrogen) atoms. The van der Waals surface area contributed by atoms with Crippen LogP contribution in [0.1, 0.15) is 12.5 Å². The van der Waals surface area contributed by atoms with Crippen molar-refractivity contribution in [3.63, 3.8) is 0 Å². The summed E-state index contributed by atoms with van der Waals surface area (Å²) in [5.74, 6) is -0.281. The summed E-state index contributed by atoms with van der Waals surface area (Å²) >= 11 is 0. The van der Waals surface area contributed by atoms with E-state index in [0.29, 0.717) is 6.07 Å². The number of anilines is 1. The van der Waals surface area contributed by atoms with Crippen LogP contribution in [0.25, 0.3) is 0 Å². The van der Waals surface area contributed by atoms with E-state index < -0.39 is 30.2 Å². The molecule has 0 radical (unpaired) electrons. The van der Waals surface area contributed by atoms with Gasteiger partial charge in [-0.2, -0.15) is 13.2 Å². The van der Waals surface area contributed by atoms with E-state index in [4.69, 9.17) is 4.74 Å². The van der Waals surface area contributed by atoms with Crippen LogP contribution in [0.2, 0.25) is 0 Å². The number of rotatable bonds is 3. The minimum Gasteiger partial charge on any atom is -0.369 e. The molecular formula is C12H14F3N3O3. The van der Waals surface area contributed by atoms with Gasteiger partial charge in [0, 0.05) is 19.9 Å². The van der Waals surface area contributed by atoms with Crippen LogP contribution in [0.5, 0.6) is 0 Å². The Kier molecular flexibility index (Phi) is 4.06. The predicted octanol–water partition coefficient (Wildman–Crippen LogP) is 1.65. The van der Waals surface area contributed by atoms with E-state index in [0.717, 1.165) is 22.1 Å². The van der Waals surface area contributed by atoms with Gasteiger partial charge >= 0.3 is 12.2 Å². The first-order valence-corrected chi connectivity index (χ1v) is 6.16. The Bertz CT molecular complexity index is 538. The third-order valence-electron chi connectivity index (χ3n) is 3.07. The number of hydrogen-bond acceptors (Lipinski definition) is 4. The average molecular weight is 305 g/mol. The highest BCUT2D eigenvalue weighted by atomic mass is 19.4. The fourth-order valence-corrected chi connectivity index (χ4v) is 2.05. The smallest absolute Gasteiger partial charge is 0.369 e. The van der Waals surface area contributed by atoms with Gasteiger partial charge in [0.15, 0.2) is 12.5 Å². The van der Waals surface area contributed by atoms with Gasteiger partial charge in [0.05, 0.1) is 5.56 Å². The highest BCUT2D eigenvalue weighted by Gasteiger charge is 2.45. The summed E-state index contributed by atoms with van der Waals surface area (Å²) in [6, 6.07) is 0.816. The van der Waals surface area contributed by atoms with Gasteiger partial charge in [0.1, 0.15) is 5.82 Å². The Labute approximate surface area is 118 Å². The molecule has 1 N–H and O–H groups in total. The van der Waals surface area contributed by atoms with Crippen LogP contribution < -0.4 is 4.90 Å². The second-order valence-corrected chi connectivity index (χ2v) is 4.42. The number of halogens is 3. The lowest BCUT2D eigenvalue weighted by Gasteiger charge is -2.21. The van der Waals surface area contributed by atoms with Crippen molar-refractivity contribution in [3.05, 3.63) is 23.9 Å². The van der Waals surface area contributed by atoms with Crippen LogP contribution >= 0.6 is 0 Å². The second kappa shape index (κ2) is 5.49. The van der Waals surface area contributed by atoms with Crippen molar-refractivity contribution in [2.24, 2.45) is 0 Å². The number of amides is 2. The predicted molar refractivity (Wildman–Crippen MR) is 66.3 cm³/mol. The zero-order valence-corrected chi connectivity index (χ0v) is 11.3. The van der Waals surface area contributed by atoms with Crippen molar-refractivity contribution in [1.82, 2.24) is 9.88 Å². The molecule has 2 rings (SSSR count). The van der Waals surface area contributed by atoms with E-state index in [1.165, 1.54) is 7.05 Å². The summed E-state index contributed by atoms with van der Waals surface area (Å²) in [6.07, 6.45) is -6.01. The fourth-order valence-electron chi connectivity index (χ4n) is 2.05. The summed E-state index contributed by atoms with van der Waals surface area (Å²) < 4.78 is 43.3. The first-order chi connectivity index (χ1) is 9.77. The Morgan fingerprint density at radius 1 is 1.48 bits per heavy atom. The highest BCUT2D eigenvalue weighted by molar-refractivity contribution is 5.93. The van der Waals surface area contributed by atoms with Crippen molar-refractivity contribution in [1.29, 1.82) is 0 Å². The molecule has 1 aliphatic rings. The Hall–Kier alpha value is -1.87. The quantitative estimate of drug-likeness (QED) is 0.922. The molecule has 0 bridgehead atoms. The number of nitrogens with zero attached hydrogens (tertiary/aromatic N) is 3. The van der Waals surface area contributed by atoms with Crippen molar-refractivity contribution in [2.75, 3.05) is 18.6 Å². The van der Waals surface area contributed by atoms with Gasteiger partial charge in [-0.1, -0.05) is 0 Å². The maximum absolute atomic E-state index is 12.7. The zero-order valence-electron chi connectivity index (χ0n) is 11.3. The maximum Gasteiger partial charge on any atom is 0.416 e. The number of carbonyl (C=O) groups is 1. The number of ether oxygens (including phenoxy) is 1. The molecule has 1 fully saturated rings. The van der Waals surface area contributed by atoms with Crippen LogP contribution in [-0.4, -0.2) is 47.1 Å². The average Bonchev–Trinajstić information content (AvgIpc) is 2.62. The van der Waals surface area contributed by atoms with Gasteiger partial charge in [0.2, 0.25) is 0 Å². The van der Waals surface area contributed by atoms with Crippen molar-refractivity contribution in [2.45, 2.75) is 25.6 Å². The standard InChI is InChI=1S/C12H14F3N3O3/c1-3-21-10-9(19)18(11(20)17(10)2)8-6-7(4-5-16-8)12(13,14)15/h4-6,9-10,19H,3H2,1-2H3/t9-,10+/m0/s1. The first-order valence-electron chi connectivity index (χ1n) is 6.16. The largest absolute Gasteiger partial charge is 0.416 e. The van der Waals surface area contributed by atoms with Gasteiger partial charge in [-0.3, -0.25) is 4.90 Å². The first kappa shape index (κ1) is 15.5. The Balaban J connectivity index is 2.36. The molecule has 0 aliphatic carbocycles. The van der Waals surface area contributed by atoms with Gasteiger partial charge in [-0.25, -0.2) is 14.7 Å². The van der Waals surface area contributed by atoms with E-state index in [2.05, 4.69) is 4.98 Å². The van der Waals surface area contributed by atoms with Crippen molar-refractivity contribution < 1.29 is 27.8 Å². The molecule has 0 spiro atoms. The number of likely N-dealkylation sites (N-methyl/N-ethyl adjacent to an activating group) is 1. The van der Waals surface area contributed by atoms with Crippen LogP contribution in [-0.2, 0) is 10.9 Å².